The van der Waals surface area contributed by atoms with E-state index in [-0.39, 0.29) is 5.75 Å². The van der Waals surface area contributed by atoms with E-state index < -0.39 is 17.4 Å². The quantitative estimate of drug-likeness (QED) is 0.656. The zero-order valence-corrected chi connectivity index (χ0v) is 17.5. The number of hydrogen-bond donors (Lipinski definition) is 1. The Labute approximate surface area is 178 Å². The fourth-order valence-corrected chi connectivity index (χ4v) is 4.57. The maximum absolute atomic E-state index is 12.6. The summed E-state index contributed by atoms with van der Waals surface area (Å²) in [4.78, 5) is 2.09. The Balaban J connectivity index is 1.78. The number of aliphatic hydroxyl groups is 1. The number of ether oxygens (including phenoxy) is 1. The summed E-state index contributed by atoms with van der Waals surface area (Å²) in [6.45, 7) is 5.15. The van der Waals surface area contributed by atoms with Crippen LogP contribution in [0.4, 0.5) is 13.2 Å². The predicted octanol–water partition coefficient (Wildman–Crippen LogP) is 4.27. The molecule has 8 heteroatoms. The van der Waals surface area contributed by atoms with E-state index in [1.807, 2.05) is 57.4 Å². The van der Waals surface area contributed by atoms with Gasteiger partial charge in [-0.05, 0) is 55.4 Å². The van der Waals surface area contributed by atoms with Crippen molar-refractivity contribution < 1.29 is 23.0 Å². The summed E-state index contributed by atoms with van der Waals surface area (Å²) >= 11 is 0. The molecule has 0 amide bonds. The average molecular weight is 431 g/mol. The van der Waals surface area contributed by atoms with Crippen molar-refractivity contribution in [2.75, 3.05) is 20.1 Å². The third-order valence-electron chi connectivity index (χ3n) is 5.87. The van der Waals surface area contributed by atoms with Crippen LogP contribution in [0.1, 0.15) is 23.7 Å². The van der Waals surface area contributed by atoms with Gasteiger partial charge in [-0.2, -0.15) is 5.10 Å². The van der Waals surface area contributed by atoms with Gasteiger partial charge >= 0.3 is 6.36 Å². The molecule has 0 spiro atoms. The van der Waals surface area contributed by atoms with E-state index >= 15 is 0 Å². The largest absolute Gasteiger partial charge is 0.573 e. The van der Waals surface area contributed by atoms with Crippen molar-refractivity contribution in [2.24, 2.45) is 5.41 Å². The van der Waals surface area contributed by atoms with Crippen molar-refractivity contribution >= 4 is 0 Å². The van der Waals surface area contributed by atoms with Gasteiger partial charge < -0.3 is 14.7 Å². The monoisotopic (exact) mass is 431 g/mol. The van der Waals surface area contributed by atoms with Gasteiger partial charge in [-0.15, -0.1) is 13.2 Å². The van der Waals surface area contributed by atoms with Gasteiger partial charge in [0.25, 0.3) is 0 Å². The van der Waals surface area contributed by atoms with Crippen molar-refractivity contribution in [3.05, 3.63) is 77.6 Å². The van der Waals surface area contributed by atoms with E-state index in [1.165, 1.54) is 24.3 Å². The van der Waals surface area contributed by atoms with Gasteiger partial charge in [0.05, 0.1) is 11.4 Å². The van der Waals surface area contributed by atoms with Gasteiger partial charge in [0, 0.05) is 24.7 Å². The fourth-order valence-electron chi connectivity index (χ4n) is 4.57. The lowest BCUT2D eigenvalue weighted by atomic mass is 9.62. The zero-order chi connectivity index (χ0) is 22.4. The van der Waals surface area contributed by atoms with Gasteiger partial charge in [-0.3, -0.25) is 0 Å². The number of nitrogens with zero attached hydrogens (tertiary/aromatic N) is 3. The van der Waals surface area contributed by atoms with E-state index in [4.69, 9.17) is 0 Å². The summed E-state index contributed by atoms with van der Waals surface area (Å²) in [5.74, 6) is -0.324. The van der Waals surface area contributed by atoms with Crippen molar-refractivity contribution in [3.8, 4) is 11.4 Å². The third kappa shape index (κ3) is 3.93. The second kappa shape index (κ2) is 7.39. The minimum Gasteiger partial charge on any atom is -0.406 e. The van der Waals surface area contributed by atoms with Crippen LogP contribution in [-0.2, 0) is 5.60 Å². The summed E-state index contributed by atoms with van der Waals surface area (Å²) < 4.78 is 43.4. The first-order valence-corrected chi connectivity index (χ1v) is 9.91. The molecule has 5 nitrogen and oxygen atoms in total. The molecule has 1 aliphatic heterocycles. The smallest absolute Gasteiger partial charge is 0.406 e. The van der Waals surface area contributed by atoms with Crippen LogP contribution >= 0.6 is 0 Å². The molecule has 1 fully saturated rings. The molecule has 0 aliphatic carbocycles. The van der Waals surface area contributed by atoms with Gasteiger partial charge in [0.1, 0.15) is 11.4 Å². The number of benzene rings is 2. The number of halogens is 3. The van der Waals surface area contributed by atoms with Gasteiger partial charge in [-0.25, -0.2) is 4.68 Å². The Morgan fingerprint density at radius 1 is 1.03 bits per heavy atom. The first-order chi connectivity index (χ1) is 14.5. The van der Waals surface area contributed by atoms with Crippen molar-refractivity contribution in [2.45, 2.75) is 25.8 Å². The van der Waals surface area contributed by atoms with Gasteiger partial charge in [0.15, 0.2) is 0 Å². The van der Waals surface area contributed by atoms with Crippen LogP contribution in [0, 0.1) is 12.3 Å². The molecule has 0 bridgehead atoms. The lowest BCUT2D eigenvalue weighted by molar-refractivity contribution is -0.274. The second-order valence-electron chi connectivity index (χ2n) is 8.47. The molecule has 3 aromatic rings. The number of hydrogen-bond acceptors (Lipinski definition) is 4. The first kappa shape index (κ1) is 21.4. The van der Waals surface area contributed by atoms with Gasteiger partial charge in [0.2, 0.25) is 0 Å². The predicted molar refractivity (Wildman–Crippen MR) is 110 cm³/mol. The first-order valence-electron chi connectivity index (χ1n) is 9.91. The van der Waals surface area contributed by atoms with E-state index in [0.717, 1.165) is 11.4 Å². The van der Waals surface area contributed by atoms with Crippen LogP contribution in [0.2, 0.25) is 0 Å². The average Bonchev–Trinajstić information content (AvgIpc) is 3.12. The molecule has 4 rings (SSSR count). The molecular weight excluding hydrogens is 407 g/mol. The Morgan fingerprint density at radius 2 is 1.71 bits per heavy atom. The lowest BCUT2D eigenvalue weighted by Crippen LogP contribution is -2.63. The van der Waals surface area contributed by atoms with Crippen molar-refractivity contribution in [1.29, 1.82) is 0 Å². The summed E-state index contributed by atoms with van der Waals surface area (Å²) in [5, 5.41) is 16.6. The highest BCUT2D eigenvalue weighted by molar-refractivity contribution is 5.46. The van der Waals surface area contributed by atoms with Crippen LogP contribution in [0.15, 0.2) is 60.8 Å². The zero-order valence-electron chi connectivity index (χ0n) is 17.5. The fraction of sp³-hybridized carbons (Fsp3) is 0.348. The van der Waals surface area contributed by atoms with Crippen molar-refractivity contribution in [3.63, 3.8) is 0 Å². The highest BCUT2D eigenvalue weighted by Crippen LogP contribution is 2.50. The third-order valence-corrected chi connectivity index (χ3v) is 5.87. The minimum atomic E-state index is -4.77. The van der Waals surface area contributed by atoms with Crippen LogP contribution in [-0.4, -0.2) is 46.3 Å². The summed E-state index contributed by atoms with van der Waals surface area (Å²) in [6.07, 6.45) is -2.92. The van der Waals surface area contributed by atoms with Crippen LogP contribution < -0.4 is 4.74 Å². The highest BCUT2D eigenvalue weighted by Gasteiger charge is 2.55. The Bertz CT molecular complexity index is 1070. The molecule has 1 saturated heterocycles. The summed E-state index contributed by atoms with van der Waals surface area (Å²) in [6, 6.07) is 14.8. The topological polar surface area (TPSA) is 50.5 Å². The summed E-state index contributed by atoms with van der Waals surface area (Å²) in [7, 11) is 1.96. The van der Waals surface area contributed by atoms with Crippen LogP contribution in [0.5, 0.6) is 5.75 Å². The van der Waals surface area contributed by atoms with Crippen molar-refractivity contribution in [1.82, 2.24) is 14.7 Å². The van der Waals surface area contributed by atoms with E-state index in [1.54, 1.807) is 4.68 Å². The molecule has 31 heavy (non-hydrogen) atoms. The maximum atomic E-state index is 12.6. The summed E-state index contributed by atoms with van der Waals surface area (Å²) in [5.41, 5.74) is 0.858. The molecule has 1 atom stereocenters. The highest BCUT2D eigenvalue weighted by atomic mass is 19.4. The van der Waals surface area contributed by atoms with Crippen LogP contribution in [0.3, 0.4) is 0 Å². The minimum absolute atomic E-state index is 0.324. The molecule has 0 saturated carbocycles. The molecule has 1 N–H and O–H groups in total. The van der Waals surface area contributed by atoms with Crippen LogP contribution in [0.25, 0.3) is 5.69 Å². The molecule has 2 aromatic carbocycles. The normalized spacial score (nSPS) is 18.3. The molecule has 0 unspecified atom stereocenters. The Kier molecular flexibility index (Phi) is 5.10. The SMILES string of the molecule is Cc1ccn(-c2cccc([C@@](O)(c3ccc(OC(F)(F)F)cc3)C3(C)CN(C)C3)c2)n1. The molecule has 1 aromatic heterocycles. The lowest BCUT2D eigenvalue weighted by Gasteiger charge is -2.56. The molecule has 0 radical (unpaired) electrons. The Morgan fingerprint density at radius 3 is 2.26 bits per heavy atom. The van der Waals surface area contributed by atoms with E-state index in [0.29, 0.717) is 24.2 Å². The second-order valence-corrected chi connectivity index (χ2v) is 8.47. The van der Waals surface area contributed by atoms with Gasteiger partial charge in [-0.1, -0.05) is 31.2 Å². The Hall–Kier alpha value is -2.84. The standard InChI is InChI=1S/C23H24F3N3O2/c1-16-11-12-29(27-16)19-6-4-5-18(13-19)22(30,21(2)14-28(3)15-21)17-7-9-20(10-8-17)31-23(24,25)26/h4-13,30H,14-15H2,1-3H3/t22-/m0/s1. The molecule has 1 aliphatic rings. The molecule has 164 valence electrons. The number of likely N-dealkylation sites (tertiary alicyclic amines) is 1. The number of rotatable bonds is 5. The molecule has 2 heterocycles. The van der Waals surface area contributed by atoms with E-state index in [9.17, 15) is 18.3 Å². The number of aromatic nitrogens is 2. The number of aryl methyl sites for hydroxylation is 1. The molecular formula is C23H24F3N3O2. The van der Waals surface area contributed by atoms with E-state index in [2.05, 4.69) is 14.7 Å². The maximum Gasteiger partial charge on any atom is 0.573 e. The number of alkyl halides is 3.